The molecule has 0 amide bonds. The Labute approximate surface area is 64.4 Å². The Kier molecular flexibility index (Phi) is 1.32. The van der Waals surface area contributed by atoms with Gasteiger partial charge in [0.2, 0.25) is 0 Å². The standard InChI is InChI=1S/C9H8N2/c10-9-6-5-7-3-1-2-4-8(7)11-9/h1-5,10H,6H2. The van der Waals surface area contributed by atoms with Crippen molar-refractivity contribution in [3.63, 3.8) is 0 Å². The zero-order valence-electron chi connectivity index (χ0n) is 6.04. The normalized spacial score (nSPS) is 14.7. The van der Waals surface area contributed by atoms with Crippen LogP contribution in [-0.4, -0.2) is 5.84 Å². The van der Waals surface area contributed by atoms with Crippen LogP contribution < -0.4 is 10.6 Å². The lowest BCUT2D eigenvalue weighted by atomic mass is 10.2. The molecule has 0 bridgehead atoms. The Balaban J connectivity index is 2.83. The van der Waals surface area contributed by atoms with Crippen LogP contribution in [0.2, 0.25) is 0 Å². The van der Waals surface area contributed by atoms with E-state index in [-0.39, 0.29) is 0 Å². The molecule has 1 aliphatic heterocycles. The number of benzene rings is 1. The van der Waals surface area contributed by atoms with Gasteiger partial charge < -0.3 is 0 Å². The Hall–Kier alpha value is -1.44. The summed E-state index contributed by atoms with van der Waals surface area (Å²) < 4.78 is 0. The van der Waals surface area contributed by atoms with Crippen LogP contribution in [0.4, 0.5) is 0 Å². The molecule has 0 saturated carbocycles. The summed E-state index contributed by atoms with van der Waals surface area (Å²) in [5.41, 5.74) is 0. The van der Waals surface area contributed by atoms with Crippen LogP contribution in [0.1, 0.15) is 6.42 Å². The molecule has 0 aliphatic carbocycles. The van der Waals surface area contributed by atoms with Crippen LogP contribution in [-0.2, 0) is 0 Å². The maximum atomic E-state index is 7.32. The highest BCUT2D eigenvalue weighted by atomic mass is 14.8. The fourth-order valence-electron chi connectivity index (χ4n) is 1.16. The summed E-state index contributed by atoms with van der Waals surface area (Å²) in [5.74, 6) is 0.448. The average Bonchev–Trinajstić information content (AvgIpc) is 2.04. The highest BCUT2D eigenvalue weighted by molar-refractivity contribution is 5.85. The molecule has 1 N–H and O–H groups in total. The molecule has 0 fully saturated rings. The van der Waals surface area contributed by atoms with Crippen molar-refractivity contribution in [2.24, 2.45) is 4.99 Å². The Bertz CT molecular complexity index is 404. The molecule has 2 heteroatoms. The molecule has 1 heterocycles. The summed E-state index contributed by atoms with van der Waals surface area (Å²) in [6.07, 6.45) is 2.70. The first-order chi connectivity index (χ1) is 5.36. The van der Waals surface area contributed by atoms with Gasteiger partial charge in [-0.1, -0.05) is 24.3 Å². The van der Waals surface area contributed by atoms with Gasteiger partial charge in [-0.3, -0.25) is 5.41 Å². The third-order valence-corrected chi connectivity index (χ3v) is 1.71. The predicted molar refractivity (Wildman–Crippen MR) is 44.0 cm³/mol. The minimum atomic E-state index is 0.448. The Morgan fingerprint density at radius 1 is 1.27 bits per heavy atom. The number of nitrogens with zero attached hydrogens (tertiary/aromatic N) is 1. The molecule has 2 rings (SSSR count). The third kappa shape index (κ3) is 1.07. The van der Waals surface area contributed by atoms with E-state index in [1.165, 1.54) is 0 Å². The van der Waals surface area contributed by atoms with E-state index in [2.05, 4.69) is 4.99 Å². The molecular weight excluding hydrogens is 136 g/mol. The van der Waals surface area contributed by atoms with E-state index >= 15 is 0 Å². The summed E-state index contributed by atoms with van der Waals surface area (Å²) in [7, 11) is 0. The molecule has 1 aromatic rings. The van der Waals surface area contributed by atoms with E-state index in [1.807, 2.05) is 30.3 Å². The van der Waals surface area contributed by atoms with E-state index < -0.39 is 0 Å². The van der Waals surface area contributed by atoms with Crippen molar-refractivity contribution in [1.29, 1.82) is 5.41 Å². The first kappa shape index (κ1) is 6.28. The van der Waals surface area contributed by atoms with Crippen molar-refractivity contribution < 1.29 is 0 Å². The molecule has 1 aromatic carbocycles. The lowest BCUT2D eigenvalue weighted by Crippen LogP contribution is -2.28. The van der Waals surface area contributed by atoms with Gasteiger partial charge in [0.25, 0.3) is 0 Å². The number of fused-ring (bicyclic) bond motifs is 1. The summed E-state index contributed by atoms with van der Waals surface area (Å²) in [6, 6.07) is 7.87. The van der Waals surface area contributed by atoms with E-state index in [9.17, 15) is 0 Å². The van der Waals surface area contributed by atoms with Gasteiger partial charge in [0.05, 0.1) is 5.36 Å². The van der Waals surface area contributed by atoms with Crippen molar-refractivity contribution in [2.45, 2.75) is 6.42 Å². The number of para-hydroxylation sites is 1. The monoisotopic (exact) mass is 144 g/mol. The molecule has 0 atom stereocenters. The zero-order valence-corrected chi connectivity index (χ0v) is 6.04. The highest BCUT2D eigenvalue weighted by Gasteiger charge is 1.96. The van der Waals surface area contributed by atoms with Gasteiger partial charge in [0, 0.05) is 6.42 Å². The molecule has 0 aromatic heterocycles. The first-order valence-corrected chi connectivity index (χ1v) is 3.58. The van der Waals surface area contributed by atoms with Crippen LogP contribution in [0.15, 0.2) is 29.3 Å². The highest BCUT2D eigenvalue weighted by Crippen LogP contribution is 1.89. The molecule has 2 nitrogen and oxygen atoms in total. The fraction of sp³-hybridized carbons (Fsp3) is 0.111. The summed E-state index contributed by atoms with van der Waals surface area (Å²) in [6.45, 7) is 0. The zero-order chi connectivity index (χ0) is 7.68. The minimum absolute atomic E-state index is 0.448. The lowest BCUT2D eigenvalue weighted by molar-refractivity contribution is 1.22. The SMILES string of the molecule is N=C1CC=c2ccccc2=N1. The number of hydrogen-bond donors (Lipinski definition) is 1. The lowest BCUT2D eigenvalue weighted by Gasteiger charge is -1.98. The number of amidine groups is 1. The van der Waals surface area contributed by atoms with Gasteiger partial charge in [-0.2, -0.15) is 0 Å². The summed E-state index contributed by atoms with van der Waals surface area (Å²) >= 11 is 0. The Morgan fingerprint density at radius 3 is 3.00 bits per heavy atom. The van der Waals surface area contributed by atoms with E-state index in [1.54, 1.807) is 0 Å². The van der Waals surface area contributed by atoms with Crippen LogP contribution in [0.5, 0.6) is 0 Å². The molecule has 0 unspecified atom stereocenters. The molecule has 0 radical (unpaired) electrons. The van der Waals surface area contributed by atoms with E-state index in [0.29, 0.717) is 12.3 Å². The van der Waals surface area contributed by atoms with Crippen LogP contribution in [0.25, 0.3) is 6.08 Å². The van der Waals surface area contributed by atoms with Gasteiger partial charge >= 0.3 is 0 Å². The minimum Gasteiger partial charge on any atom is -0.286 e. The van der Waals surface area contributed by atoms with Crippen molar-refractivity contribution in [3.05, 3.63) is 34.8 Å². The molecule has 54 valence electrons. The summed E-state index contributed by atoms with van der Waals surface area (Å²) in [4.78, 5) is 4.10. The first-order valence-electron chi connectivity index (χ1n) is 3.58. The van der Waals surface area contributed by atoms with Crippen molar-refractivity contribution >= 4 is 11.9 Å². The molecular formula is C9H8N2. The fourth-order valence-corrected chi connectivity index (χ4v) is 1.16. The van der Waals surface area contributed by atoms with Gasteiger partial charge in [0.15, 0.2) is 0 Å². The predicted octanol–water partition coefficient (Wildman–Crippen LogP) is 0.468. The smallest absolute Gasteiger partial charge is 0.125 e. The van der Waals surface area contributed by atoms with Crippen LogP contribution in [0, 0.1) is 5.41 Å². The molecule has 11 heavy (non-hydrogen) atoms. The topological polar surface area (TPSA) is 36.2 Å². The van der Waals surface area contributed by atoms with Crippen molar-refractivity contribution in [1.82, 2.24) is 0 Å². The second kappa shape index (κ2) is 2.31. The number of rotatable bonds is 0. The van der Waals surface area contributed by atoms with Gasteiger partial charge in [-0.15, -0.1) is 0 Å². The number of nitrogens with one attached hydrogen (secondary N) is 1. The molecule has 0 spiro atoms. The van der Waals surface area contributed by atoms with Gasteiger partial charge in [0.1, 0.15) is 5.84 Å². The molecule has 1 aliphatic rings. The maximum absolute atomic E-state index is 7.32. The second-order valence-electron chi connectivity index (χ2n) is 2.53. The summed E-state index contributed by atoms with van der Waals surface area (Å²) in [5, 5.41) is 9.38. The second-order valence-corrected chi connectivity index (χ2v) is 2.53. The van der Waals surface area contributed by atoms with Crippen molar-refractivity contribution in [2.75, 3.05) is 0 Å². The average molecular weight is 144 g/mol. The Morgan fingerprint density at radius 2 is 2.09 bits per heavy atom. The van der Waals surface area contributed by atoms with E-state index in [0.717, 1.165) is 10.6 Å². The van der Waals surface area contributed by atoms with Crippen molar-refractivity contribution in [3.8, 4) is 0 Å². The van der Waals surface area contributed by atoms with Gasteiger partial charge in [-0.05, 0) is 11.3 Å². The quantitative estimate of drug-likeness (QED) is 0.549. The van der Waals surface area contributed by atoms with Crippen LogP contribution in [0.3, 0.4) is 0 Å². The third-order valence-electron chi connectivity index (χ3n) is 1.71. The van der Waals surface area contributed by atoms with Gasteiger partial charge in [-0.25, -0.2) is 4.99 Å². The van der Waals surface area contributed by atoms with E-state index in [4.69, 9.17) is 5.41 Å². The largest absolute Gasteiger partial charge is 0.286 e. The number of hydrogen-bond acceptors (Lipinski definition) is 1. The maximum Gasteiger partial charge on any atom is 0.125 e. The van der Waals surface area contributed by atoms with Crippen LogP contribution >= 0.6 is 0 Å². The molecule has 0 saturated heterocycles.